The highest BCUT2D eigenvalue weighted by molar-refractivity contribution is 5.86. The molecule has 9 atom stereocenters. The van der Waals surface area contributed by atoms with E-state index in [9.17, 15) is 24.6 Å². The van der Waals surface area contributed by atoms with E-state index in [0.29, 0.717) is 11.8 Å². The minimum atomic E-state index is -1.06. The van der Waals surface area contributed by atoms with Crippen LogP contribution in [0, 0.1) is 34.5 Å². The predicted octanol–water partition coefficient (Wildman–Crippen LogP) is 8.53. The van der Waals surface area contributed by atoms with E-state index in [1.807, 2.05) is 56.1 Å². The summed E-state index contributed by atoms with van der Waals surface area (Å²) >= 11 is 0. The highest BCUT2D eigenvalue weighted by atomic mass is 16.4. The van der Waals surface area contributed by atoms with E-state index in [2.05, 4.69) is 38.1 Å². The molecule has 8 rings (SSSR count). The number of likely N-dealkylation sites (N-methyl/N-ethyl adjacent to an activating group) is 1. The smallest absolute Gasteiger partial charge is 0.408 e. The van der Waals surface area contributed by atoms with Gasteiger partial charge in [0.25, 0.3) is 0 Å². The topological polar surface area (TPSA) is 111 Å². The molecule has 282 valence electrons. The molecule has 0 spiro atoms. The van der Waals surface area contributed by atoms with Crippen molar-refractivity contribution in [1.29, 1.82) is 0 Å². The fourth-order valence-corrected chi connectivity index (χ4v) is 12.8. The summed E-state index contributed by atoms with van der Waals surface area (Å²) in [5, 5.41) is 23.4. The Bertz CT molecular complexity index is 1890. The number of benzene rings is 2. The molecular weight excluding hydrogens is 665 g/mol. The molecule has 1 unspecified atom stereocenters. The minimum absolute atomic E-state index is 0.0440. The fraction of sp³-hybridized carbons (Fsp3) is 0.578. The van der Waals surface area contributed by atoms with Crippen LogP contribution in [0.5, 0.6) is 0 Å². The van der Waals surface area contributed by atoms with Gasteiger partial charge in [-0.3, -0.25) is 9.69 Å². The summed E-state index contributed by atoms with van der Waals surface area (Å²) in [5.41, 5.74) is 4.21. The van der Waals surface area contributed by atoms with Crippen LogP contribution in [0.4, 0.5) is 4.79 Å². The van der Waals surface area contributed by atoms with E-state index in [0.717, 1.165) is 85.6 Å². The largest absolute Gasteiger partial charge is 0.465 e. The Morgan fingerprint density at radius 3 is 2.17 bits per heavy atom. The quantitative estimate of drug-likeness (QED) is 0.253. The van der Waals surface area contributed by atoms with E-state index >= 15 is 0 Å². The first-order chi connectivity index (χ1) is 25.3. The zero-order chi connectivity index (χ0) is 37.4. The lowest BCUT2D eigenvalue weighted by atomic mass is 9.43. The molecule has 2 amide bonds. The van der Waals surface area contributed by atoms with Gasteiger partial charge in [0.1, 0.15) is 6.04 Å². The predicted molar refractivity (Wildman–Crippen MR) is 205 cm³/mol. The summed E-state index contributed by atoms with van der Waals surface area (Å²) in [7, 11) is 1.90. The van der Waals surface area contributed by atoms with Crippen molar-refractivity contribution >= 4 is 12.0 Å². The van der Waals surface area contributed by atoms with Crippen LogP contribution in [-0.4, -0.2) is 63.3 Å². The molecule has 4 saturated carbocycles. The molecule has 0 saturated heterocycles. The highest BCUT2D eigenvalue weighted by Gasteiger charge is 2.67. The van der Waals surface area contributed by atoms with Crippen molar-refractivity contribution in [3.05, 3.63) is 94.0 Å². The molecule has 1 heterocycles. The van der Waals surface area contributed by atoms with Crippen LogP contribution in [0.3, 0.4) is 0 Å². The van der Waals surface area contributed by atoms with Crippen LogP contribution >= 0.6 is 0 Å². The highest BCUT2D eigenvalue weighted by Crippen LogP contribution is 2.70. The Balaban J connectivity index is 0.990. The van der Waals surface area contributed by atoms with Crippen LogP contribution in [0.25, 0.3) is 11.1 Å². The number of carboxylic acid groups (broad SMARTS) is 1. The van der Waals surface area contributed by atoms with Gasteiger partial charge in [0.2, 0.25) is 5.91 Å². The van der Waals surface area contributed by atoms with Gasteiger partial charge in [-0.25, -0.2) is 9.59 Å². The van der Waals surface area contributed by atoms with Crippen molar-refractivity contribution in [3.63, 3.8) is 0 Å². The molecule has 0 radical (unpaired) electrons. The Labute approximate surface area is 313 Å². The number of aliphatic hydroxyl groups is 1. The van der Waals surface area contributed by atoms with E-state index in [1.54, 1.807) is 6.26 Å². The zero-order valence-electron chi connectivity index (χ0n) is 32.0. The third kappa shape index (κ3) is 5.52. The molecule has 8 nitrogen and oxygen atoms in total. The van der Waals surface area contributed by atoms with E-state index in [-0.39, 0.29) is 58.6 Å². The lowest BCUT2D eigenvalue weighted by Gasteiger charge is -2.64. The van der Waals surface area contributed by atoms with Crippen molar-refractivity contribution in [2.75, 3.05) is 13.6 Å². The summed E-state index contributed by atoms with van der Waals surface area (Å²) < 4.78 is 5.28. The first-order valence-corrected chi connectivity index (χ1v) is 20.0. The Morgan fingerprint density at radius 1 is 0.868 bits per heavy atom. The molecular formula is C45H56N2O6. The molecule has 2 aromatic carbocycles. The lowest BCUT2D eigenvalue weighted by Crippen LogP contribution is -2.63. The third-order valence-corrected chi connectivity index (χ3v) is 15.7. The second-order valence-corrected chi connectivity index (χ2v) is 18.1. The Hall–Kier alpha value is -3.91. The molecule has 1 aromatic heterocycles. The first kappa shape index (κ1) is 36.1. The maximum atomic E-state index is 14.6. The number of hydrogen-bond donors (Lipinski definition) is 2. The van der Waals surface area contributed by atoms with Crippen molar-refractivity contribution in [1.82, 2.24) is 9.80 Å². The van der Waals surface area contributed by atoms with Gasteiger partial charge in [-0.1, -0.05) is 76.2 Å². The van der Waals surface area contributed by atoms with E-state index in [4.69, 9.17) is 4.42 Å². The SMILES string of the molecule is CC(C)[C@H](C(=O)N(C)C1CC[C@@]2(C)[C@H](CC[C@@H]3[C@@H]2CC[C@]2(C)[C@@H](c4ccc(=O)oc4)CC[C@]32O)C1)N(CC1c2ccccc2-c2ccccc21)C(=O)O. The van der Waals surface area contributed by atoms with Gasteiger partial charge in [-0.15, -0.1) is 0 Å². The van der Waals surface area contributed by atoms with Crippen LogP contribution in [0.1, 0.15) is 114 Å². The number of carbonyl (C=O) groups excluding carboxylic acids is 1. The minimum Gasteiger partial charge on any atom is -0.465 e. The van der Waals surface area contributed by atoms with Crippen LogP contribution in [0.15, 0.2) is 76.1 Å². The summed E-state index contributed by atoms with van der Waals surface area (Å²) in [6, 6.07) is 19.1. The summed E-state index contributed by atoms with van der Waals surface area (Å²) in [5.74, 6) is 0.787. The van der Waals surface area contributed by atoms with Crippen molar-refractivity contribution < 1.29 is 24.2 Å². The maximum Gasteiger partial charge on any atom is 0.408 e. The van der Waals surface area contributed by atoms with Crippen molar-refractivity contribution in [2.24, 2.45) is 34.5 Å². The van der Waals surface area contributed by atoms with Gasteiger partial charge in [-0.05, 0) is 127 Å². The van der Waals surface area contributed by atoms with Gasteiger partial charge in [-0.2, -0.15) is 0 Å². The molecule has 5 aliphatic carbocycles. The average Bonchev–Trinajstić information content (AvgIpc) is 3.61. The van der Waals surface area contributed by atoms with Crippen LogP contribution in [0.2, 0.25) is 0 Å². The van der Waals surface area contributed by atoms with Crippen LogP contribution in [-0.2, 0) is 4.79 Å². The molecule has 0 bridgehead atoms. The van der Waals surface area contributed by atoms with Gasteiger partial charge in [0.15, 0.2) is 0 Å². The van der Waals surface area contributed by atoms with Gasteiger partial charge in [0, 0.05) is 37.0 Å². The van der Waals surface area contributed by atoms with E-state index in [1.165, 1.54) is 11.0 Å². The third-order valence-electron chi connectivity index (χ3n) is 15.7. The summed E-state index contributed by atoms with van der Waals surface area (Å²) in [6.07, 6.45) is 8.99. The molecule has 3 aromatic rings. The molecule has 0 aliphatic heterocycles. The number of amides is 2. The first-order valence-electron chi connectivity index (χ1n) is 20.0. The Kier molecular flexibility index (Phi) is 8.95. The number of fused-ring (bicyclic) bond motifs is 8. The van der Waals surface area contributed by atoms with Crippen LogP contribution < -0.4 is 5.63 Å². The number of rotatable bonds is 7. The van der Waals surface area contributed by atoms with Crippen molar-refractivity contribution in [2.45, 2.75) is 115 Å². The monoisotopic (exact) mass is 720 g/mol. The van der Waals surface area contributed by atoms with Gasteiger partial charge < -0.3 is 19.5 Å². The number of hydrogen-bond acceptors (Lipinski definition) is 5. The van der Waals surface area contributed by atoms with Gasteiger partial charge in [0.05, 0.1) is 11.9 Å². The summed E-state index contributed by atoms with van der Waals surface area (Å²) in [6.45, 7) is 8.88. The van der Waals surface area contributed by atoms with E-state index < -0.39 is 17.7 Å². The van der Waals surface area contributed by atoms with Gasteiger partial charge >= 0.3 is 11.7 Å². The fourth-order valence-electron chi connectivity index (χ4n) is 12.8. The maximum absolute atomic E-state index is 14.6. The standard InChI is InChI=1S/C45H56N2O6/c1-27(2)40(47(42(50)51)25-35-33-12-8-6-10-31(33)32-11-7-9-13-34(32)35)41(49)46(5)30-18-21-43(3)29(24-30)15-16-38-37(43)19-22-44(4)36(20-23-45(38,44)52)28-14-17-39(48)53-26-28/h6-14,17,26-27,29-30,35-38,40,52H,15-16,18-25H2,1-5H3,(H,50,51)/t29-,30?,36-,37+,38-,40-,43+,44-,45+/m1/s1. The molecule has 2 N–H and O–H groups in total. The second kappa shape index (κ2) is 13.1. The second-order valence-electron chi connectivity index (χ2n) is 18.1. The molecule has 8 heteroatoms. The lowest BCUT2D eigenvalue weighted by molar-refractivity contribution is -0.203. The number of carbonyl (C=O) groups is 2. The zero-order valence-corrected chi connectivity index (χ0v) is 32.0. The molecule has 53 heavy (non-hydrogen) atoms. The Morgan fingerprint density at radius 2 is 1.55 bits per heavy atom. The summed E-state index contributed by atoms with van der Waals surface area (Å²) in [4.78, 5) is 42.7. The molecule has 5 aliphatic rings. The van der Waals surface area contributed by atoms with Crippen molar-refractivity contribution in [3.8, 4) is 11.1 Å². The molecule has 4 fully saturated rings. The number of nitrogens with zero attached hydrogens (tertiary/aromatic N) is 2. The normalized spacial score (nSPS) is 33.6. The average molecular weight is 721 g/mol.